The fourth-order valence-electron chi connectivity index (χ4n) is 3.11. The molecule has 6 heteroatoms. The summed E-state index contributed by atoms with van der Waals surface area (Å²) in [6, 6.07) is 6.47. The average Bonchev–Trinajstić information content (AvgIpc) is 3.01. The lowest BCUT2D eigenvalue weighted by Gasteiger charge is -2.27. The van der Waals surface area contributed by atoms with Gasteiger partial charge in [-0.05, 0) is 44.7 Å². The van der Waals surface area contributed by atoms with Gasteiger partial charge in [-0.1, -0.05) is 23.8 Å². The van der Waals surface area contributed by atoms with Gasteiger partial charge < -0.3 is 20.5 Å². The van der Waals surface area contributed by atoms with E-state index in [9.17, 15) is 5.11 Å². The molecule has 0 radical (unpaired) electrons. The Morgan fingerprint density at radius 1 is 1.32 bits per heavy atom. The van der Waals surface area contributed by atoms with E-state index in [1.807, 2.05) is 0 Å². The van der Waals surface area contributed by atoms with Crippen molar-refractivity contribution < 1.29 is 9.84 Å². The standard InChI is InChI=1S/C19H31N3O2.HI/c1-4-20-18(21-12-17-6-5-15(2)11-16(17)3)22-13-19(7-9-23)8-10-24-14-19;/h5-6,11,23H,4,7-10,12-14H2,1-3H3,(H2,20,21,22);1H. The van der Waals surface area contributed by atoms with Crippen LogP contribution in [0, 0.1) is 19.3 Å². The van der Waals surface area contributed by atoms with Crippen LogP contribution in [-0.2, 0) is 11.3 Å². The Balaban J connectivity index is 0.00000312. The van der Waals surface area contributed by atoms with Gasteiger partial charge in [0.25, 0.3) is 0 Å². The summed E-state index contributed by atoms with van der Waals surface area (Å²) in [6.07, 6.45) is 1.74. The lowest BCUT2D eigenvalue weighted by Crippen LogP contribution is -2.44. The number of aliphatic hydroxyl groups excluding tert-OH is 1. The van der Waals surface area contributed by atoms with Crippen molar-refractivity contribution in [2.24, 2.45) is 10.4 Å². The smallest absolute Gasteiger partial charge is 0.191 e. The highest BCUT2D eigenvalue weighted by Crippen LogP contribution is 2.31. The van der Waals surface area contributed by atoms with Crippen molar-refractivity contribution in [1.82, 2.24) is 10.6 Å². The molecule has 1 saturated heterocycles. The molecule has 1 aliphatic rings. The van der Waals surface area contributed by atoms with Gasteiger partial charge >= 0.3 is 0 Å². The third-order valence-corrected chi connectivity index (χ3v) is 4.71. The Hall–Kier alpha value is -0.860. The van der Waals surface area contributed by atoms with Crippen LogP contribution in [0.5, 0.6) is 0 Å². The highest BCUT2D eigenvalue weighted by molar-refractivity contribution is 14.0. The minimum Gasteiger partial charge on any atom is -0.396 e. The van der Waals surface area contributed by atoms with Crippen LogP contribution in [0.3, 0.4) is 0 Å². The van der Waals surface area contributed by atoms with Crippen LogP contribution in [-0.4, -0.2) is 44.0 Å². The molecule has 1 fully saturated rings. The molecule has 0 bridgehead atoms. The zero-order chi connectivity index (χ0) is 17.4. The Labute approximate surface area is 168 Å². The van der Waals surface area contributed by atoms with Gasteiger partial charge in [-0.15, -0.1) is 24.0 Å². The quantitative estimate of drug-likeness (QED) is 0.332. The van der Waals surface area contributed by atoms with Crippen LogP contribution >= 0.6 is 24.0 Å². The number of nitrogens with zero attached hydrogens (tertiary/aromatic N) is 1. The minimum absolute atomic E-state index is 0. The second-order valence-corrected chi connectivity index (χ2v) is 6.75. The number of aliphatic imine (C=N–C) groups is 1. The zero-order valence-electron chi connectivity index (χ0n) is 15.6. The van der Waals surface area contributed by atoms with E-state index in [1.165, 1.54) is 16.7 Å². The van der Waals surface area contributed by atoms with Gasteiger partial charge in [-0.3, -0.25) is 0 Å². The summed E-state index contributed by atoms with van der Waals surface area (Å²) in [5, 5.41) is 16.1. The summed E-state index contributed by atoms with van der Waals surface area (Å²) in [7, 11) is 0. The fraction of sp³-hybridized carbons (Fsp3) is 0.632. The van der Waals surface area contributed by atoms with Gasteiger partial charge in [0.2, 0.25) is 0 Å². The lowest BCUT2D eigenvalue weighted by atomic mass is 9.84. The first-order valence-electron chi connectivity index (χ1n) is 8.85. The summed E-state index contributed by atoms with van der Waals surface area (Å²) < 4.78 is 5.55. The number of ether oxygens (including phenoxy) is 1. The maximum Gasteiger partial charge on any atom is 0.191 e. The number of nitrogens with one attached hydrogen (secondary N) is 2. The molecule has 1 heterocycles. The summed E-state index contributed by atoms with van der Waals surface area (Å²) in [6.45, 7) is 10.2. The highest BCUT2D eigenvalue weighted by Gasteiger charge is 2.34. The monoisotopic (exact) mass is 461 g/mol. The second-order valence-electron chi connectivity index (χ2n) is 6.75. The number of hydrogen-bond donors (Lipinski definition) is 3. The molecule has 0 aromatic heterocycles. The number of benzene rings is 1. The van der Waals surface area contributed by atoms with Crippen LogP contribution in [0.25, 0.3) is 0 Å². The molecule has 5 nitrogen and oxygen atoms in total. The van der Waals surface area contributed by atoms with E-state index in [2.05, 4.69) is 49.6 Å². The Morgan fingerprint density at radius 3 is 2.72 bits per heavy atom. The van der Waals surface area contributed by atoms with Crippen molar-refractivity contribution in [3.8, 4) is 0 Å². The molecule has 1 atom stereocenters. The number of halogens is 1. The van der Waals surface area contributed by atoms with Crippen molar-refractivity contribution in [3.05, 3.63) is 34.9 Å². The molecule has 0 aliphatic carbocycles. The molecule has 1 aromatic carbocycles. The number of aliphatic hydroxyl groups is 1. The molecule has 1 aliphatic heterocycles. The molecule has 1 aromatic rings. The Bertz CT molecular complexity index is 558. The zero-order valence-corrected chi connectivity index (χ0v) is 17.9. The van der Waals surface area contributed by atoms with Gasteiger partial charge in [0.15, 0.2) is 5.96 Å². The summed E-state index contributed by atoms with van der Waals surface area (Å²) in [5.74, 6) is 0.821. The largest absolute Gasteiger partial charge is 0.396 e. The third kappa shape index (κ3) is 6.75. The normalized spacial score (nSPS) is 20.2. The molecule has 1 unspecified atom stereocenters. The molecule has 142 valence electrons. The molecule has 3 N–H and O–H groups in total. The van der Waals surface area contributed by atoms with E-state index in [4.69, 9.17) is 9.73 Å². The van der Waals surface area contributed by atoms with Gasteiger partial charge in [-0.25, -0.2) is 4.99 Å². The van der Waals surface area contributed by atoms with Crippen molar-refractivity contribution >= 4 is 29.9 Å². The molecule has 0 saturated carbocycles. The second kappa shape index (κ2) is 11.0. The van der Waals surface area contributed by atoms with E-state index in [0.29, 0.717) is 13.2 Å². The van der Waals surface area contributed by atoms with Gasteiger partial charge in [0.1, 0.15) is 0 Å². The van der Waals surface area contributed by atoms with E-state index < -0.39 is 0 Å². The van der Waals surface area contributed by atoms with Crippen LogP contribution in [0.2, 0.25) is 0 Å². The first-order chi connectivity index (χ1) is 11.6. The third-order valence-electron chi connectivity index (χ3n) is 4.71. The Kier molecular flexibility index (Phi) is 9.74. The predicted molar refractivity (Wildman–Crippen MR) is 114 cm³/mol. The van der Waals surface area contributed by atoms with Crippen molar-refractivity contribution in [2.45, 2.75) is 40.2 Å². The van der Waals surface area contributed by atoms with Crippen LogP contribution in [0.4, 0.5) is 0 Å². The highest BCUT2D eigenvalue weighted by atomic mass is 127. The Morgan fingerprint density at radius 2 is 2.12 bits per heavy atom. The molecule has 0 spiro atoms. The van der Waals surface area contributed by atoms with E-state index in [1.54, 1.807) is 0 Å². The van der Waals surface area contributed by atoms with Crippen LogP contribution < -0.4 is 10.6 Å². The van der Waals surface area contributed by atoms with Gasteiger partial charge in [0, 0.05) is 31.7 Å². The van der Waals surface area contributed by atoms with E-state index >= 15 is 0 Å². The van der Waals surface area contributed by atoms with Crippen LogP contribution in [0.1, 0.15) is 36.5 Å². The first-order valence-corrected chi connectivity index (χ1v) is 8.85. The average molecular weight is 461 g/mol. The van der Waals surface area contributed by atoms with Crippen molar-refractivity contribution in [1.29, 1.82) is 0 Å². The topological polar surface area (TPSA) is 65.9 Å². The number of guanidine groups is 1. The summed E-state index contributed by atoms with van der Waals surface area (Å²) in [5.41, 5.74) is 3.81. The predicted octanol–water partition coefficient (Wildman–Crippen LogP) is 2.77. The number of rotatable bonds is 7. The molecule has 2 rings (SSSR count). The SMILES string of the molecule is CCNC(=NCc1ccc(C)cc1C)NCC1(CCO)CCOC1.I. The van der Waals surface area contributed by atoms with Crippen LogP contribution in [0.15, 0.2) is 23.2 Å². The van der Waals surface area contributed by atoms with E-state index in [-0.39, 0.29) is 36.0 Å². The fourth-order valence-corrected chi connectivity index (χ4v) is 3.11. The summed E-state index contributed by atoms with van der Waals surface area (Å²) in [4.78, 5) is 4.72. The first kappa shape index (κ1) is 22.2. The maximum absolute atomic E-state index is 9.34. The van der Waals surface area contributed by atoms with E-state index in [0.717, 1.165) is 38.5 Å². The molecular formula is C19H32IN3O2. The molecule has 0 amide bonds. The molecule has 25 heavy (non-hydrogen) atoms. The van der Waals surface area contributed by atoms with Gasteiger partial charge in [0.05, 0.1) is 13.2 Å². The summed E-state index contributed by atoms with van der Waals surface area (Å²) >= 11 is 0. The maximum atomic E-state index is 9.34. The van der Waals surface area contributed by atoms with Crippen molar-refractivity contribution in [3.63, 3.8) is 0 Å². The van der Waals surface area contributed by atoms with Gasteiger partial charge in [-0.2, -0.15) is 0 Å². The molecular weight excluding hydrogens is 429 g/mol. The number of hydrogen-bond acceptors (Lipinski definition) is 3. The van der Waals surface area contributed by atoms with Crippen molar-refractivity contribution in [2.75, 3.05) is 32.9 Å². The number of aryl methyl sites for hydroxylation is 2. The minimum atomic E-state index is 0. The lowest BCUT2D eigenvalue weighted by molar-refractivity contribution is 0.127.